The molecule has 0 aliphatic carbocycles. The number of sulfone groups is 1. The second kappa shape index (κ2) is 8.83. The molecule has 0 aliphatic rings. The molecule has 2 N–H and O–H groups in total. The molecule has 0 unspecified atom stereocenters. The Balaban J connectivity index is 0.00000441. The van der Waals surface area contributed by atoms with Crippen molar-refractivity contribution in [2.24, 2.45) is 0 Å². The quantitative estimate of drug-likeness (QED) is 0.668. The number of sulfonamides is 1. The molecule has 0 saturated carbocycles. The molecule has 9 heteroatoms. The summed E-state index contributed by atoms with van der Waals surface area (Å²) in [4.78, 5) is -0.00139. The number of rotatable bonds is 8. The van der Waals surface area contributed by atoms with E-state index in [1.807, 2.05) is 6.92 Å². The van der Waals surface area contributed by atoms with Gasteiger partial charge in [-0.2, -0.15) is 0 Å². The highest BCUT2D eigenvalue weighted by Gasteiger charge is 2.19. The van der Waals surface area contributed by atoms with Crippen LogP contribution in [0.25, 0.3) is 0 Å². The Bertz CT molecular complexity index is 688. The van der Waals surface area contributed by atoms with Gasteiger partial charge in [0.2, 0.25) is 10.0 Å². The third-order valence-corrected chi connectivity index (χ3v) is 5.61. The summed E-state index contributed by atoms with van der Waals surface area (Å²) in [6.45, 7) is 5.26. The van der Waals surface area contributed by atoms with Crippen molar-refractivity contribution in [3.05, 3.63) is 23.8 Å². The number of halogens is 1. The predicted molar refractivity (Wildman–Crippen MR) is 89.9 cm³/mol. The normalized spacial score (nSPS) is 12.0. The maximum Gasteiger partial charge on any atom is 0.240 e. The van der Waals surface area contributed by atoms with Crippen molar-refractivity contribution in [3.8, 4) is 0 Å². The zero-order chi connectivity index (χ0) is 16.1. The summed E-state index contributed by atoms with van der Waals surface area (Å²) >= 11 is 0. The van der Waals surface area contributed by atoms with Crippen molar-refractivity contribution in [1.29, 1.82) is 0 Å². The summed E-state index contributed by atoms with van der Waals surface area (Å²) in [5.74, 6) is 0. The van der Waals surface area contributed by atoms with E-state index in [1.165, 1.54) is 18.2 Å². The van der Waals surface area contributed by atoms with Gasteiger partial charge in [-0.25, -0.2) is 21.6 Å². The summed E-state index contributed by atoms with van der Waals surface area (Å²) in [6, 6.07) is 4.11. The molecule has 0 bridgehead atoms. The van der Waals surface area contributed by atoms with Gasteiger partial charge in [0, 0.05) is 19.3 Å². The van der Waals surface area contributed by atoms with Crippen molar-refractivity contribution in [2.45, 2.75) is 30.1 Å². The zero-order valence-corrected chi connectivity index (χ0v) is 15.4. The van der Waals surface area contributed by atoms with E-state index in [2.05, 4.69) is 10.0 Å². The maximum absolute atomic E-state index is 12.2. The molecule has 0 aliphatic heterocycles. The fraction of sp³-hybridized carbons (Fsp3) is 0.538. The molecule has 0 atom stereocenters. The van der Waals surface area contributed by atoms with E-state index in [1.54, 1.807) is 6.92 Å². The Labute approximate surface area is 139 Å². The van der Waals surface area contributed by atoms with Crippen molar-refractivity contribution in [3.63, 3.8) is 0 Å². The number of hydrogen-bond acceptors (Lipinski definition) is 5. The largest absolute Gasteiger partial charge is 0.315 e. The van der Waals surface area contributed by atoms with Gasteiger partial charge in [-0.15, -0.1) is 12.4 Å². The van der Waals surface area contributed by atoms with Crippen LogP contribution in [-0.4, -0.2) is 42.7 Å². The lowest BCUT2D eigenvalue weighted by Crippen LogP contribution is -2.32. The average molecular weight is 371 g/mol. The lowest BCUT2D eigenvalue weighted by molar-refractivity contribution is 0.574. The second-order valence-corrected chi connectivity index (χ2v) is 8.60. The average Bonchev–Trinajstić information content (AvgIpc) is 2.37. The minimum Gasteiger partial charge on any atom is -0.315 e. The van der Waals surface area contributed by atoms with Gasteiger partial charge in [0.25, 0.3) is 0 Å². The van der Waals surface area contributed by atoms with Crippen molar-refractivity contribution >= 4 is 32.3 Å². The van der Waals surface area contributed by atoms with Crippen LogP contribution in [0.5, 0.6) is 0 Å². The Hall–Kier alpha value is -0.670. The van der Waals surface area contributed by atoms with E-state index in [9.17, 15) is 16.8 Å². The Kier molecular flexibility index (Phi) is 8.56. The number of benzene rings is 1. The monoisotopic (exact) mass is 370 g/mol. The van der Waals surface area contributed by atoms with Gasteiger partial charge in [0.05, 0.1) is 9.79 Å². The minimum absolute atomic E-state index is 0. The molecular weight excluding hydrogens is 348 g/mol. The Morgan fingerprint density at radius 3 is 2.23 bits per heavy atom. The van der Waals surface area contributed by atoms with E-state index >= 15 is 0 Å². The molecule has 1 aromatic rings. The van der Waals surface area contributed by atoms with E-state index < -0.39 is 19.9 Å². The van der Waals surface area contributed by atoms with Gasteiger partial charge in [-0.1, -0.05) is 13.0 Å². The summed E-state index contributed by atoms with van der Waals surface area (Å²) in [5.41, 5.74) is 0.511. The zero-order valence-electron chi connectivity index (χ0n) is 12.9. The number of aryl methyl sites for hydroxylation is 1. The molecule has 6 nitrogen and oxygen atoms in total. The van der Waals surface area contributed by atoms with Gasteiger partial charge in [-0.05, 0) is 37.6 Å². The first-order valence-electron chi connectivity index (χ1n) is 6.69. The smallest absolute Gasteiger partial charge is 0.240 e. The second-order valence-electron chi connectivity index (χ2n) is 4.85. The van der Waals surface area contributed by atoms with Crippen LogP contribution in [0, 0.1) is 6.92 Å². The van der Waals surface area contributed by atoms with Crippen molar-refractivity contribution in [1.82, 2.24) is 10.0 Å². The van der Waals surface area contributed by atoms with Crippen LogP contribution in [0.2, 0.25) is 0 Å². The summed E-state index contributed by atoms with van der Waals surface area (Å²) in [5, 5.41) is 3.09. The molecule has 0 heterocycles. The van der Waals surface area contributed by atoms with Gasteiger partial charge >= 0.3 is 0 Å². The molecule has 0 aromatic heterocycles. The Morgan fingerprint density at radius 2 is 1.68 bits per heavy atom. The first kappa shape index (κ1) is 21.3. The maximum atomic E-state index is 12.2. The van der Waals surface area contributed by atoms with Crippen molar-refractivity contribution < 1.29 is 16.8 Å². The highest BCUT2D eigenvalue weighted by molar-refractivity contribution is 7.91. The molecule has 0 fully saturated rings. The summed E-state index contributed by atoms with van der Waals surface area (Å²) in [7, 11) is -7.15. The van der Waals surface area contributed by atoms with Gasteiger partial charge in [0.15, 0.2) is 9.84 Å². The molecule has 0 radical (unpaired) electrons. The van der Waals surface area contributed by atoms with Gasteiger partial charge in [-0.3, -0.25) is 0 Å². The lowest BCUT2D eigenvalue weighted by Gasteiger charge is -2.11. The highest BCUT2D eigenvalue weighted by Crippen LogP contribution is 2.19. The molecular formula is C13H23ClN2O4S2. The van der Waals surface area contributed by atoms with E-state index in [-0.39, 0.29) is 28.7 Å². The molecule has 0 amide bonds. The van der Waals surface area contributed by atoms with Gasteiger partial charge < -0.3 is 5.32 Å². The first-order valence-corrected chi connectivity index (χ1v) is 10.1. The minimum atomic E-state index is -3.72. The first-order chi connectivity index (χ1) is 9.68. The standard InChI is InChI=1S/C13H22N2O4S2.ClH/c1-4-7-14-8-9-15-21(18,19)13-10-12(20(3,16)17)6-5-11(13)2;/h5-6,10,14-15H,4,7-9H2,1-3H3;1H. The fourth-order valence-corrected chi connectivity index (χ4v) is 3.78. The lowest BCUT2D eigenvalue weighted by atomic mass is 10.2. The van der Waals surface area contributed by atoms with Crippen LogP contribution in [0.1, 0.15) is 18.9 Å². The molecule has 0 spiro atoms. The third-order valence-electron chi connectivity index (χ3n) is 2.90. The molecule has 1 rings (SSSR count). The molecule has 22 heavy (non-hydrogen) atoms. The molecule has 128 valence electrons. The van der Waals surface area contributed by atoms with Crippen LogP contribution in [0.4, 0.5) is 0 Å². The van der Waals surface area contributed by atoms with Crippen LogP contribution >= 0.6 is 12.4 Å². The summed E-state index contributed by atoms with van der Waals surface area (Å²) < 4.78 is 50.0. The molecule has 0 saturated heterocycles. The SMILES string of the molecule is CCCNCCNS(=O)(=O)c1cc(S(C)(=O)=O)ccc1C.Cl. The number of hydrogen-bond donors (Lipinski definition) is 2. The third kappa shape index (κ3) is 6.21. The molecule has 1 aromatic carbocycles. The van der Waals surface area contributed by atoms with Crippen LogP contribution < -0.4 is 10.0 Å². The Morgan fingerprint density at radius 1 is 1.05 bits per heavy atom. The van der Waals surface area contributed by atoms with Crippen molar-refractivity contribution in [2.75, 3.05) is 25.9 Å². The highest BCUT2D eigenvalue weighted by atomic mass is 35.5. The van der Waals surface area contributed by atoms with E-state index in [4.69, 9.17) is 0 Å². The van der Waals surface area contributed by atoms with Gasteiger partial charge in [0.1, 0.15) is 0 Å². The predicted octanol–water partition coefficient (Wildman–Crippen LogP) is 1.10. The fourth-order valence-electron chi connectivity index (χ4n) is 1.75. The van der Waals surface area contributed by atoms with Crippen LogP contribution in [0.3, 0.4) is 0 Å². The number of nitrogens with one attached hydrogen (secondary N) is 2. The summed E-state index contributed by atoms with van der Waals surface area (Å²) in [6.07, 6.45) is 2.03. The van der Waals surface area contributed by atoms with E-state index in [0.717, 1.165) is 19.2 Å². The van der Waals surface area contributed by atoms with E-state index in [0.29, 0.717) is 12.1 Å². The van der Waals surface area contributed by atoms with Crippen LogP contribution in [-0.2, 0) is 19.9 Å². The van der Waals surface area contributed by atoms with Crippen LogP contribution in [0.15, 0.2) is 28.0 Å². The topological polar surface area (TPSA) is 92.3 Å².